The number of hydrogen-bond donors (Lipinski definition) is 0. The summed E-state index contributed by atoms with van der Waals surface area (Å²) in [7, 11) is 0. The number of para-hydroxylation sites is 1. The monoisotopic (exact) mass is 333 g/mol. The molecule has 0 fully saturated rings. The van der Waals surface area contributed by atoms with Gasteiger partial charge in [0.15, 0.2) is 0 Å². The van der Waals surface area contributed by atoms with Gasteiger partial charge in [0.1, 0.15) is 17.6 Å². The molecule has 0 N–H and O–H groups in total. The lowest BCUT2D eigenvalue weighted by molar-refractivity contribution is 0.913. The lowest BCUT2D eigenvalue weighted by atomic mass is 10.0. The van der Waals surface area contributed by atoms with Crippen LogP contribution in [0.1, 0.15) is 30.5 Å². The van der Waals surface area contributed by atoms with Crippen LogP contribution in [-0.2, 0) is 12.8 Å². The Bertz CT molecular complexity index is 719. The number of rotatable bonds is 3. The van der Waals surface area contributed by atoms with Crippen LogP contribution in [0.15, 0.2) is 29.3 Å². The first-order valence-corrected chi connectivity index (χ1v) is 8.15. The normalized spacial score (nSPS) is 13.4. The molecule has 1 aromatic carbocycles. The maximum Gasteiger partial charge on any atom is 0.150 e. The van der Waals surface area contributed by atoms with Gasteiger partial charge in [-0.25, -0.2) is 4.98 Å². The van der Waals surface area contributed by atoms with Crippen LogP contribution in [-0.4, -0.2) is 17.9 Å². The summed E-state index contributed by atoms with van der Waals surface area (Å²) in [5, 5.41) is 0.779. The van der Waals surface area contributed by atoms with E-state index in [0.717, 1.165) is 24.2 Å². The first kappa shape index (κ1) is 15.3. The van der Waals surface area contributed by atoms with Crippen molar-refractivity contribution in [3.63, 3.8) is 0 Å². The summed E-state index contributed by atoms with van der Waals surface area (Å²) >= 11 is 12.2. The molecule has 2 heterocycles. The minimum Gasteiger partial charge on any atom is -0.305 e. The molecule has 1 aliphatic rings. The van der Waals surface area contributed by atoms with Crippen molar-refractivity contribution in [3.8, 4) is 0 Å². The number of nitrogens with zero attached hydrogens (tertiary/aromatic N) is 3. The zero-order valence-corrected chi connectivity index (χ0v) is 14.1. The molecule has 114 valence electrons. The van der Waals surface area contributed by atoms with Gasteiger partial charge in [0, 0.05) is 11.8 Å². The first-order chi connectivity index (χ1) is 10.7. The van der Waals surface area contributed by atoms with Crippen LogP contribution in [0.5, 0.6) is 0 Å². The minimum atomic E-state index is 0.327. The minimum absolute atomic E-state index is 0.327. The summed E-state index contributed by atoms with van der Waals surface area (Å²) in [5.41, 5.74) is 4.66. The zero-order valence-electron chi connectivity index (χ0n) is 12.6. The van der Waals surface area contributed by atoms with Crippen LogP contribution >= 0.6 is 23.2 Å². The SMILES string of the molecule is CCc1cccc(CC)c1N1CN=Cc2cc(Cl)c(Cl)nc21. The van der Waals surface area contributed by atoms with Gasteiger partial charge in [-0.1, -0.05) is 55.2 Å². The van der Waals surface area contributed by atoms with E-state index in [9.17, 15) is 0 Å². The Hall–Kier alpha value is -1.58. The molecule has 0 saturated heterocycles. The van der Waals surface area contributed by atoms with Gasteiger partial charge in [0.25, 0.3) is 0 Å². The van der Waals surface area contributed by atoms with Crippen molar-refractivity contribution in [2.24, 2.45) is 4.99 Å². The maximum absolute atomic E-state index is 6.13. The second kappa shape index (κ2) is 6.27. The molecular formula is C17H17Cl2N3. The summed E-state index contributed by atoms with van der Waals surface area (Å²) in [5.74, 6) is 0.819. The number of benzene rings is 1. The predicted octanol–water partition coefficient (Wildman–Crippen LogP) is 5.04. The largest absolute Gasteiger partial charge is 0.305 e. The Labute approximate surface area is 140 Å². The Balaban J connectivity index is 2.20. The van der Waals surface area contributed by atoms with E-state index in [1.807, 2.05) is 6.07 Å². The van der Waals surface area contributed by atoms with Crippen LogP contribution in [0.4, 0.5) is 11.5 Å². The first-order valence-electron chi connectivity index (χ1n) is 7.39. The van der Waals surface area contributed by atoms with Gasteiger partial charge in [-0.3, -0.25) is 4.99 Å². The van der Waals surface area contributed by atoms with Gasteiger partial charge in [0.2, 0.25) is 0 Å². The van der Waals surface area contributed by atoms with Crippen molar-refractivity contribution < 1.29 is 0 Å². The van der Waals surface area contributed by atoms with Crippen molar-refractivity contribution in [2.75, 3.05) is 11.6 Å². The summed E-state index contributed by atoms with van der Waals surface area (Å²) in [6, 6.07) is 8.24. The molecule has 0 saturated carbocycles. The van der Waals surface area contributed by atoms with Gasteiger partial charge in [-0.15, -0.1) is 0 Å². The van der Waals surface area contributed by atoms with Crippen molar-refractivity contribution in [1.82, 2.24) is 4.98 Å². The number of aryl methyl sites for hydroxylation is 2. The Morgan fingerprint density at radius 3 is 2.45 bits per heavy atom. The van der Waals surface area contributed by atoms with E-state index in [1.54, 1.807) is 6.21 Å². The molecular weight excluding hydrogens is 317 g/mol. The summed E-state index contributed by atoms with van der Waals surface area (Å²) in [6.45, 7) is 4.87. The lowest BCUT2D eigenvalue weighted by Crippen LogP contribution is -2.25. The number of fused-ring (bicyclic) bond motifs is 1. The van der Waals surface area contributed by atoms with E-state index in [1.165, 1.54) is 16.8 Å². The summed E-state index contributed by atoms with van der Waals surface area (Å²) < 4.78 is 0. The molecule has 3 nitrogen and oxygen atoms in total. The fourth-order valence-corrected chi connectivity index (χ4v) is 3.10. The van der Waals surface area contributed by atoms with Gasteiger partial charge < -0.3 is 4.90 Å². The molecule has 3 rings (SSSR count). The second-order valence-electron chi connectivity index (χ2n) is 5.19. The van der Waals surface area contributed by atoms with Gasteiger partial charge >= 0.3 is 0 Å². The van der Waals surface area contributed by atoms with E-state index in [4.69, 9.17) is 23.2 Å². The highest BCUT2D eigenvalue weighted by molar-refractivity contribution is 6.41. The average molecular weight is 334 g/mol. The van der Waals surface area contributed by atoms with Crippen LogP contribution in [0.3, 0.4) is 0 Å². The molecule has 0 unspecified atom stereocenters. The average Bonchev–Trinajstić information content (AvgIpc) is 2.54. The van der Waals surface area contributed by atoms with Crippen LogP contribution < -0.4 is 4.90 Å². The van der Waals surface area contributed by atoms with E-state index < -0.39 is 0 Å². The Morgan fingerprint density at radius 1 is 1.14 bits per heavy atom. The standard InChI is InChI=1S/C17H17Cl2N3/c1-3-11-6-5-7-12(4-2)15(11)22-10-20-9-13-8-14(18)16(19)21-17(13)22/h5-9H,3-4,10H2,1-2H3. The third-order valence-electron chi connectivity index (χ3n) is 3.89. The molecule has 0 bridgehead atoms. The number of halogens is 2. The predicted molar refractivity (Wildman–Crippen MR) is 94.1 cm³/mol. The number of aliphatic imine (C=N–C) groups is 1. The number of aromatic nitrogens is 1. The van der Waals surface area contributed by atoms with E-state index >= 15 is 0 Å². The molecule has 1 aromatic heterocycles. The fourth-order valence-electron chi connectivity index (χ4n) is 2.81. The van der Waals surface area contributed by atoms with Gasteiger partial charge in [0.05, 0.1) is 10.7 Å². The molecule has 22 heavy (non-hydrogen) atoms. The maximum atomic E-state index is 6.13. The van der Waals surface area contributed by atoms with Crippen molar-refractivity contribution >= 4 is 40.9 Å². The van der Waals surface area contributed by atoms with E-state index in [0.29, 0.717) is 16.8 Å². The molecule has 0 atom stereocenters. The Morgan fingerprint density at radius 2 is 1.82 bits per heavy atom. The highest BCUT2D eigenvalue weighted by Gasteiger charge is 2.23. The second-order valence-corrected chi connectivity index (χ2v) is 5.95. The summed E-state index contributed by atoms with van der Waals surface area (Å²) in [4.78, 5) is 11.1. The number of pyridine rings is 1. The molecule has 2 aromatic rings. The van der Waals surface area contributed by atoms with Crippen LogP contribution in [0.25, 0.3) is 0 Å². The lowest BCUT2D eigenvalue weighted by Gasteiger charge is -2.30. The Kier molecular flexibility index (Phi) is 4.37. The van der Waals surface area contributed by atoms with Crippen molar-refractivity contribution in [1.29, 1.82) is 0 Å². The summed E-state index contributed by atoms with van der Waals surface area (Å²) in [6.07, 6.45) is 3.72. The highest BCUT2D eigenvalue weighted by Crippen LogP contribution is 2.37. The van der Waals surface area contributed by atoms with Crippen LogP contribution in [0, 0.1) is 0 Å². The van der Waals surface area contributed by atoms with Gasteiger partial charge in [-0.2, -0.15) is 0 Å². The molecule has 0 radical (unpaired) electrons. The molecule has 0 spiro atoms. The fraction of sp³-hybridized carbons (Fsp3) is 0.294. The third-order valence-corrected chi connectivity index (χ3v) is 4.56. The number of hydrogen-bond acceptors (Lipinski definition) is 3. The highest BCUT2D eigenvalue weighted by atomic mass is 35.5. The molecule has 0 aliphatic carbocycles. The van der Waals surface area contributed by atoms with Crippen LogP contribution in [0.2, 0.25) is 10.2 Å². The molecule has 1 aliphatic heterocycles. The molecule has 5 heteroatoms. The topological polar surface area (TPSA) is 28.5 Å². The smallest absolute Gasteiger partial charge is 0.150 e. The third kappa shape index (κ3) is 2.59. The van der Waals surface area contributed by atoms with E-state index in [-0.39, 0.29) is 0 Å². The van der Waals surface area contributed by atoms with Crippen molar-refractivity contribution in [2.45, 2.75) is 26.7 Å². The van der Waals surface area contributed by atoms with Gasteiger partial charge in [-0.05, 0) is 30.0 Å². The molecule has 0 amide bonds. The quantitative estimate of drug-likeness (QED) is 0.736. The van der Waals surface area contributed by atoms with E-state index in [2.05, 4.69) is 46.9 Å². The number of anilines is 2. The zero-order chi connectivity index (χ0) is 15.7. The van der Waals surface area contributed by atoms with Crippen molar-refractivity contribution in [3.05, 3.63) is 51.1 Å².